The van der Waals surface area contributed by atoms with Gasteiger partial charge in [0.15, 0.2) is 0 Å². The number of hydrogen-bond acceptors (Lipinski definition) is 2. The molecule has 5 heteroatoms. The highest BCUT2D eigenvalue weighted by atomic mass is 79.9. The van der Waals surface area contributed by atoms with Crippen LogP contribution in [-0.4, -0.2) is 14.3 Å². The highest BCUT2D eigenvalue weighted by Crippen LogP contribution is 2.25. The van der Waals surface area contributed by atoms with E-state index in [0.29, 0.717) is 0 Å². The van der Waals surface area contributed by atoms with Crippen molar-refractivity contribution in [2.75, 3.05) is 5.73 Å². The average Bonchev–Trinajstić information content (AvgIpc) is 2.88. The van der Waals surface area contributed by atoms with E-state index >= 15 is 0 Å². The molecular formula is C14H15BrN4. The van der Waals surface area contributed by atoms with Gasteiger partial charge in [-0.05, 0) is 41.1 Å². The summed E-state index contributed by atoms with van der Waals surface area (Å²) in [7, 11) is 1.97. The quantitative estimate of drug-likeness (QED) is 0.738. The maximum atomic E-state index is 5.99. The Morgan fingerprint density at radius 2 is 2.11 bits per heavy atom. The Morgan fingerprint density at radius 1 is 1.32 bits per heavy atom. The van der Waals surface area contributed by atoms with Crippen LogP contribution in [0.4, 0.5) is 5.69 Å². The molecule has 0 aliphatic carbocycles. The van der Waals surface area contributed by atoms with Crippen LogP contribution >= 0.6 is 15.9 Å². The molecule has 2 aromatic heterocycles. The lowest BCUT2D eigenvalue weighted by Crippen LogP contribution is -2.05. The lowest BCUT2D eigenvalue weighted by Gasteiger charge is -2.07. The topological polar surface area (TPSA) is 48.8 Å². The van der Waals surface area contributed by atoms with E-state index in [9.17, 15) is 0 Å². The molecule has 0 unspecified atom stereocenters. The minimum absolute atomic E-state index is 0.769. The van der Waals surface area contributed by atoms with E-state index in [-0.39, 0.29) is 0 Å². The second kappa shape index (κ2) is 4.42. The van der Waals surface area contributed by atoms with Gasteiger partial charge >= 0.3 is 0 Å². The lowest BCUT2D eigenvalue weighted by molar-refractivity contribution is 0.672. The van der Waals surface area contributed by atoms with Crippen molar-refractivity contribution in [3.8, 4) is 0 Å². The Bertz CT molecular complexity index is 754. The number of hydrogen-bond donors (Lipinski definition) is 1. The fourth-order valence-corrected chi connectivity index (χ4v) is 2.86. The van der Waals surface area contributed by atoms with Crippen LogP contribution in [0.2, 0.25) is 0 Å². The van der Waals surface area contributed by atoms with E-state index in [1.54, 1.807) is 0 Å². The summed E-state index contributed by atoms with van der Waals surface area (Å²) in [6, 6.07) is 8.05. The van der Waals surface area contributed by atoms with Gasteiger partial charge in [-0.25, -0.2) is 0 Å². The van der Waals surface area contributed by atoms with Crippen LogP contribution in [0.15, 0.2) is 34.9 Å². The van der Waals surface area contributed by atoms with Gasteiger partial charge < -0.3 is 10.3 Å². The number of nitrogen functional groups attached to an aromatic ring is 1. The summed E-state index contributed by atoms with van der Waals surface area (Å²) in [6.45, 7) is 2.77. The van der Waals surface area contributed by atoms with Crippen LogP contribution < -0.4 is 5.73 Å². The fourth-order valence-electron chi connectivity index (χ4n) is 2.40. The molecule has 0 radical (unpaired) electrons. The predicted molar refractivity (Wildman–Crippen MR) is 81.1 cm³/mol. The minimum atomic E-state index is 0.769. The third-order valence-electron chi connectivity index (χ3n) is 3.43. The van der Waals surface area contributed by atoms with Gasteiger partial charge in [0.25, 0.3) is 0 Å². The van der Waals surface area contributed by atoms with Crippen LogP contribution in [0.1, 0.15) is 11.4 Å². The molecule has 0 fully saturated rings. The Hall–Kier alpha value is -1.75. The van der Waals surface area contributed by atoms with Crippen LogP contribution in [0, 0.1) is 6.92 Å². The van der Waals surface area contributed by atoms with Crippen molar-refractivity contribution in [3.05, 3.63) is 46.3 Å². The molecular weight excluding hydrogens is 304 g/mol. The molecule has 0 atom stereocenters. The summed E-state index contributed by atoms with van der Waals surface area (Å²) in [6.07, 6.45) is 2.07. The Morgan fingerprint density at radius 3 is 2.79 bits per heavy atom. The second-order valence-electron chi connectivity index (χ2n) is 4.69. The number of anilines is 1. The highest BCUT2D eigenvalue weighted by Gasteiger charge is 2.12. The van der Waals surface area contributed by atoms with E-state index < -0.39 is 0 Å². The Kier molecular flexibility index (Phi) is 2.86. The number of benzene rings is 1. The first-order valence-electron chi connectivity index (χ1n) is 6.09. The first-order valence-corrected chi connectivity index (χ1v) is 6.88. The van der Waals surface area contributed by atoms with Crippen LogP contribution in [0.25, 0.3) is 10.9 Å². The number of aryl methyl sites for hydroxylation is 2. The average molecular weight is 319 g/mol. The van der Waals surface area contributed by atoms with E-state index in [4.69, 9.17) is 5.73 Å². The number of aromatic nitrogens is 3. The standard InChI is InChI=1S/C14H15BrN4/c1-9-14(15)13(18(2)17-9)8-19-7-6-10-11(16)4-3-5-12(10)19/h3-7H,8,16H2,1-2H3. The monoisotopic (exact) mass is 318 g/mol. The molecule has 0 aliphatic rings. The maximum Gasteiger partial charge on any atom is 0.0739 e. The van der Waals surface area contributed by atoms with Crippen LogP contribution in [-0.2, 0) is 13.6 Å². The van der Waals surface area contributed by atoms with E-state index in [2.05, 4.69) is 43.9 Å². The summed E-state index contributed by atoms with van der Waals surface area (Å²) in [5.74, 6) is 0. The molecule has 4 nitrogen and oxygen atoms in total. The zero-order chi connectivity index (χ0) is 13.6. The van der Waals surface area contributed by atoms with Gasteiger partial charge in [-0.1, -0.05) is 6.07 Å². The zero-order valence-electron chi connectivity index (χ0n) is 10.9. The fraction of sp³-hybridized carbons (Fsp3) is 0.214. The summed E-state index contributed by atoms with van der Waals surface area (Å²) in [5, 5.41) is 5.52. The third kappa shape index (κ3) is 1.94. The molecule has 0 aliphatic heterocycles. The molecule has 0 amide bonds. The van der Waals surface area contributed by atoms with Gasteiger partial charge in [0.1, 0.15) is 0 Å². The van der Waals surface area contributed by atoms with Crippen molar-refractivity contribution in [2.24, 2.45) is 7.05 Å². The summed E-state index contributed by atoms with van der Waals surface area (Å²) >= 11 is 3.60. The molecule has 0 saturated heterocycles. The maximum absolute atomic E-state index is 5.99. The highest BCUT2D eigenvalue weighted by molar-refractivity contribution is 9.10. The van der Waals surface area contributed by atoms with Gasteiger partial charge in [-0.15, -0.1) is 0 Å². The number of rotatable bonds is 2. The van der Waals surface area contributed by atoms with Gasteiger partial charge in [-0.2, -0.15) is 5.10 Å². The van der Waals surface area contributed by atoms with E-state index in [1.165, 1.54) is 0 Å². The first kappa shape index (κ1) is 12.3. The van der Waals surface area contributed by atoms with Crippen molar-refractivity contribution in [1.82, 2.24) is 14.3 Å². The van der Waals surface area contributed by atoms with Gasteiger partial charge in [0, 0.05) is 24.3 Å². The second-order valence-corrected chi connectivity index (χ2v) is 5.49. The first-order chi connectivity index (χ1) is 9.08. The lowest BCUT2D eigenvalue weighted by atomic mass is 10.2. The summed E-state index contributed by atoms with van der Waals surface area (Å²) in [5.41, 5.74) is 10.1. The molecule has 98 valence electrons. The van der Waals surface area contributed by atoms with Gasteiger partial charge in [0.2, 0.25) is 0 Å². The number of nitrogens with zero attached hydrogens (tertiary/aromatic N) is 3. The molecule has 2 N–H and O–H groups in total. The smallest absolute Gasteiger partial charge is 0.0739 e. The summed E-state index contributed by atoms with van der Waals surface area (Å²) < 4.78 is 5.17. The van der Waals surface area contributed by atoms with E-state index in [0.717, 1.165) is 39.0 Å². The zero-order valence-corrected chi connectivity index (χ0v) is 12.5. The Labute approximate surface area is 119 Å². The SMILES string of the molecule is Cc1nn(C)c(Cn2ccc3c(N)cccc32)c1Br. The van der Waals surface area contributed by atoms with Crippen molar-refractivity contribution >= 4 is 32.5 Å². The third-order valence-corrected chi connectivity index (χ3v) is 4.46. The van der Waals surface area contributed by atoms with E-state index in [1.807, 2.05) is 30.8 Å². The largest absolute Gasteiger partial charge is 0.398 e. The number of halogens is 1. The summed E-state index contributed by atoms with van der Waals surface area (Å²) in [4.78, 5) is 0. The predicted octanol–water partition coefficient (Wildman–Crippen LogP) is 3.08. The molecule has 0 saturated carbocycles. The van der Waals surface area contributed by atoms with Crippen molar-refractivity contribution in [3.63, 3.8) is 0 Å². The molecule has 2 heterocycles. The Balaban J connectivity index is 2.09. The van der Waals surface area contributed by atoms with Gasteiger partial charge in [-0.3, -0.25) is 4.68 Å². The van der Waals surface area contributed by atoms with Crippen molar-refractivity contribution in [1.29, 1.82) is 0 Å². The normalized spacial score (nSPS) is 11.3. The minimum Gasteiger partial charge on any atom is -0.398 e. The molecule has 3 aromatic rings. The molecule has 0 bridgehead atoms. The molecule has 3 rings (SSSR count). The number of nitrogens with two attached hydrogens (primary N) is 1. The molecule has 1 aromatic carbocycles. The van der Waals surface area contributed by atoms with Crippen molar-refractivity contribution < 1.29 is 0 Å². The van der Waals surface area contributed by atoms with Crippen LogP contribution in [0.5, 0.6) is 0 Å². The molecule has 0 spiro atoms. The molecule has 19 heavy (non-hydrogen) atoms. The van der Waals surface area contributed by atoms with Crippen LogP contribution in [0.3, 0.4) is 0 Å². The van der Waals surface area contributed by atoms with Crippen molar-refractivity contribution in [2.45, 2.75) is 13.5 Å². The van der Waals surface area contributed by atoms with Gasteiger partial charge in [0.05, 0.1) is 27.9 Å². The number of fused-ring (bicyclic) bond motifs is 1.